The zero-order valence-corrected chi connectivity index (χ0v) is 13.6. The van der Waals surface area contributed by atoms with E-state index in [9.17, 15) is 13.2 Å². The van der Waals surface area contributed by atoms with Crippen molar-refractivity contribution in [1.29, 1.82) is 0 Å². The summed E-state index contributed by atoms with van der Waals surface area (Å²) in [5.41, 5.74) is 6.82. The zero-order valence-electron chi connectivity index (χ0n) is 12.7. The molecule has 4 N–H and O–H groups in total. The summed E-state index contributed by atoms with van der Waals surface area (Å²) in [7, 11) is -3.61. The van der Waals surface area contributed by atoms with Gasteiger partial charge in [-0.05, 0) is 36.5 Å². The molecule has 2 atom stereocenters. The highest BCUT2D eigenvalue weighted by atomic mass is 32.2. The fourth-order valence-electron chi connectivity index (χ4n) is 3.05. The van der Waals surface area contributed by atoms with Crippen LogP contribution in [0.25, 0.3) is 0 Å². The number of hydrogen-bond acceptors (Lipinski definition) is 4. The zero-order chi connectivity index (χ0) is 16.3. The van der Waals surface area contributed by atoms with Crippen molar-refractivity contribution in [2.24, 2.45) is 16.8 Å². The minimum absolute atomic E-state index is 0.0307. The molecule has 1 aliphatic heterocycles. The summed E-state index contributed by atoms with van der Waals surface area (Å²) >= 11 is 0. The monoisotopic (exact) mass is 325 g/mol. The van der Waals surface area contributed by atoms with Crippen LogP contribution in [0.1, 0.15) is 35.7 Å². The predicted octanol–water partition coefficient (Wildman–Crippen LogP) is 0.675. The predicted molar refractivity (Wildman–Crippen MR) is 85.5 cm³/mol. The Bertz CT molecular complexity index is 645. The van der Waals surface area contributed by atoms with Gasteiger partial charge in [0.05, 0.1) is 5.75 Å². The summed E-state index contributed by atoms with van der Waals surface area (Å²) in [6, 6.07) is 6.66. The van der Waals surface area contributed by atoms with Crippen LogP contribution in [0.4, 0.5) is 0 Å². The van der Waals surface area contributed by atoms with E-state index in [0.717, 1.165) is 12.8 Å². The molecule has 122 valence electrons. The van der Waals surface area contributed by atoms with Crippen LogP contribution in [0, 0.1) is 5.92 Å². The third kappa shape index (κ3) is 4.06. The number of rotatable bonds is 4. The lowest BCUT2D eigenvalue weighted by molar-refractivity contribution is 0.0532. The van der Waals surface area contributed by atoms with Crippen LogP contribution in [0.5, 0.6) is 0 Å². The maximum Gasteiger partial charge on any atom is 0.254 e. The number of primary sulfonamides is 1. The average molecular weight is 325 g/mol. The molecule has 1 fully saturated rings. The number of carbonyl (C=O) groups is 1. The Morgan fingerprint density at radius 1 is 1.41 bits per heavy atom. The van der Waals surface area contributed by atoms with Gasteiger partial charge >= 0.3 is 0 Å². The van der Waals surface area contributed by atoms with Crippen LogP contribution < -0.4 is 10.9 Å². The fourth-order valence-corrected chi connectivity index (χ4v) is 3.70. The van der Waals surface area contributed by atoms with E-state index in [1.54, 1.807) is 24.3 Å². The first-order valence-corrected chi connectivity index (χ1v) is 9.14. The Morgan fingerprint density at radius 3 is 2.77 bits per heavy atom. The summed E-state index contributed by atoms with van der Waals surface area (Å²) in [4.78, 5) is 14.5. The van der Waals surface area contributed by atoms with Crippen molar-refractivity contribution in [3.63, 3.8) is 0 Å². The maximum absolute atomic E-state index is 12.7. The van der Waals surface area contributed by atoms with Gasteiger partial charge in [0.25, 0.3) is 5.91 Å². The summed E-state index contributed by atoms with van der Waals surface area (Å²) in [5.74, 6) is -0.00115. The van der Waals surface area contributed by atoms with Crippen LogP contribution in [0.2, 0.25) is 0 Å². The van der Waals surface area contributed by atoms with Gasteiger partial charge < -0.3 is 10.6 Å². The van der Waals surface area contributed by atoms with Gasteiger partial charge in [-0.15, -0.1) is 0 Å². The van der Waals surface area contributed by atoms with E-state index in [1.807, 2.05) is 4.90 Å². The van der Waals surface area contributed by atoms with E-state index in [2.05, 4.69) is 6.92 Å². The highest BCUT2D eigenvalue weighted by Gasteiger charge is 2.31. The van der Waals surface area contributed by atoms with Gasteiger partial charge in [-0.25, -0.2) is 13.6 Å². The molecule has 0 radical (unpaired) electrons. The minimum atomic E-state index is -3.61. The lowest BCUT2D eigenvalue weighted by atomic mass is 9.90. The Kier molecular flexibility index (Phi) is 5.20. The molecule has 22 heavy (non-hydrogen) atoms. The number of nitrogens with zero attached hydrogens (tertiary/aromatic N) is 1. The molecule has 1 aromatic rings. The summed E-state index contributed by atoms with van der Waals surface area (Å²) in [6.45, 7) is 3.22. The lowest BCUT2D eigenvalue weighted by Crippen LogP contribution is -2.51. The number of benzene rings is 1. The quantitative estimate of drug-likeness (QED) is 0.848. The first-order valence-electron chi connectivity index (χ1n) is 7.42. The Balaban J connectivity index is 2.23. The van der Waals surface area contributed by atoms with Crippen LogP contribution in [0.15, 0.2) is 24.3 Å². The van der Waals surface area contributed by atoms with E-state index in [1.165, 1.54) is 0 Å². The fraction of sp³-hybridized carbons (Fsp3) is 0.533. The molecule has 1 amide bonds. The number of likely N-dealkylation sites (tertiary alicyclic amines) is 1. The van der Waals surface area contributed by atoms with Crippen LogP contribution in [-0.2, 0) is 15.8 Å². The molecular weight excluding hydrogens is 302 g/mol. The van der Waals surface area contributed by atoms with Crippen LogP contribution >= 0.6 is 0 Å². The first-order chi connectivity index (χ1) is 10.3. The smallest absolute Gasteiger partial charge is 0.254 e. The van der Waals surface area contributed by atoms with Gasteiger partial charge in [0.1, 0.15) is 0 Å². The average Bonchev–Trinajstić information content (AvgIpc) is 2.44. The number of carbonyl (C=O) groups excluding carboxylic acids is 1. The summed E-state index contributed by atoms with van der Waals surface area (Å²) in [5, 5.41) is 5.06. The first kappa shape index (κ1) is 16.9. The van der Waals surface area contributed by atoms with E-state index in [4.69, 9.17) is 10.9 Å². The number of nitrogens with two attached hydrogens (primary N) is 2. The highest BCUT2D eigenvalue weighted by Crippen LogP contribution is 2.24. The highest BCUT2D eigenvalue weighted by molar-refractivity contribution is 7.88. The molecule has 0 aliphatic carbocycles. The number of amides is 1. The molecule has 7 heteroatoms. The molecule has 0 unspecified atom stereocenters. The van der Waals surface area contributed by atoms with Crippen LogP contribution in [-0.4, -0.2) is 38.4 Å². The van der Waals surface area contributed by atoms with E-state index in [0.29, 0.717) is 30.1 Å². The van der Waals surface area contributed by atoms with Gasteiger partial charge in [-0.3, -0.25) is 4.79 Å². The molecule has 1 heterocycles. The SMILES string of the molecule is C[C@@H]1CCCN(C(=O)c2cccc(CS(N)(=O)=O)c2)[C@H]1CN. The van der Waals surface area contributed by atoms with Gasteiger partial charge in [0, 0.05) is 24.7 Å². The molecule has 1 aromatic carbocycles. The van der Waals surface area contributed by atoms with E-state index < -0.39 is 10.0 Å². The second-order valence-corrected chi connectivity index (χ2v) is 7.54. The molecule has 0 aromatic heterocycles. The largest absolute Gasteiger partial charge is 0.334 e. The maximum atomic E-state index is 12.7. The normalized spacial score (nSPS) is 22.6. The molecule has 0 spiro atoms. The molecule has 1 aliphatic rings. The molecular formula is C15H23N3O3S. The number of piperidine rings is 1. The number of sulfonamides is 1. The van der Waals surface area contributed by atoms with E-state index >= 15 is 0 Å². The summed E-state index contributed by atoms with van der Waals surface area (Å²) in [6.07, 6.45) is 2.03. The summed E-state index contributed by atoms with van der Waals surface area (Å²) < 4.78 is 22.4. The standard InChI is InChI=1S/C15H23N3O3S/c1-11-4-3-7-18(14(11)9-16)15(19)13-6-2-5-12(8-13)10-22(17,20)21/h2,5-6,8,11,14H,3-4,7,9-10,16H2,1H3,(H2,17,20,21)/t11-,14+/m1/s1. The van der Waals surface area contributed by atoms with Crippen molar-refractivity contribution in [2.45, 2.75) is 31.6 Å². The van der Waals surface area contributed by atoms with Crippen LogP contribution in [0.3, 0.4) is 0 Å². The lowest BCUT2D eigenvalue weighted by Gasteiger charge is -2.39. The van der Waals surface area contributed by atoms with Crippen molar-refractivity contribution >= 4 is 15.9 Å². The third-order valence-corrected chi connectivity index (χ3v) is 4.90. The Labute approximate surface area is 131 Å². The third-order valence-electron chi connectivity index (χ3n) is 4.16. The molecule has 2 rings (SSSR count). The second-order valence-electron chi connectivity index (χ2n) is 5.93. The van der Waals surface area contributed by atoms with Crippen molar-refractivity contribution in [3.8, 4) is 0 Å². The van der Waals surface area contributed by atoms with Crippen molar-refractivity contribution in [3.05, 3.63) is 35.4 Å². The Hall–Kier alpha value is -1.44. The van der Waals surface area contributed by atoms with E-state index in [-0.39, 0.29) is 17.7 Å². The van der Waals surface area contributed by atoms with Gasteiger partial charge in [-0.2, -0.15) is 0 Å². The van der Waals surface area contributed by atoms with Gasteiger partial charge in [0.2, 0.25) is 10.0 Å². The van der Waals surface area contributed by atoms with Crippen molar-refractivity contribution in [1.82, 2.24) is 4.90 Å². The molecule has 0 saturated carbocycles. The second kappa shape index (κ2) is 6.76. The van der Waals surface area contributed by atoms with Crippen molar-refractivity contribution in [2.75, 3.05) is 13.1 Å². The minimum Gasteiger partial charge on any atom is -0.334 e. The molecule has 0 bridgehead atoms. The molecule has 1 saturated heterocycles. The van der Waals surface area contributed by atoms with Gasteiger partial charge in [-0.1, -0.05) is 19.1 Å². The Morgan fingerprint density at radius 2 is 2.14 bits per heavy atom. The topological polar surface area (TPSA) is 106 Å². The van der Waals surface area contributed by atoms with Crippen molar-refractivity contribution < 1.29 is 13.2 Å². The molecule has 6 nitrogen and oxygen atoms in total. The number of hydrogen-bond donors (Lipinski definition) is 2. The van der Waals surface area contributed by atoms with Gasteiger partial charge in [0.15, 0.2) is 0 Å².